The van der Waals surface area contributed by atoms with Gasteiger partial charge in [-0.25, -0.2) is 8.88 Å². The van der Waals surface area contributed by atoms with Crippen molar-refractivity contribution in [3.63, 3.8) is 0 Å². The van der Waals surface area contributed by atoms with Crippen LogP contribution < -0.4 is 0 Å². The Hall–Kier alpha value is 0.0800. The normalized spacial score (nSPS) is 19.3. The molecule has 0 amide bonds. The summed E-state index contributed by atoms with van der Waals surface area (Å²) in [5, 5.41) is 0. The molecule has 0 heterocycles. The van der Waals surface area contributed by atoms with Crippen molar-refractivity contribution in [2.24, 2.45) is 5.92 Å². The van der Waals surface area contributed by atoms with E-state index in [0.29, 0.717) is 19.3 Å². The van der Waals surface area contributed by atoms with Gasteiger partial charge in [-0.15, -0.1) is 0 Å². The average Bonchev–Trinajstić information content (AvgIpc) is 2.36. The predicted octanol–water partition coefficient (Wildman–Crippen LogP) is 5.74. The third-order valence-corrected chi connectivity index (χ3v) is 10.9. The lowest BCUT2D eigenvalue weighted by molar-refractivity contribution is -0.138. The first-order valence-electron chi connectivity index (χ1n) is 8.33. The molecule has 0 radical (unpaired) electrons. The summed E-state index contributed by atoms with van der Waals surface area (Å²) in [5.41, 5.74) is 0. The van der Waals surface area contributed by atoms with Crippen molar-refractivity contribution in [2.45, 2.75) is 53.9 Å². The molecule has 0 rings (SSSR count). The Morgan fingerprint density at radius 2 is 1.29 bits per heavy atom. The van der Waals surface area contributed by atoms with Gasteiger partial charge >= 0.3 is 21.2 Å². The molecule has 0 spiro atoms. The maximum atomic E-state index is 13.0. The van der Waals surface area contributed by atoms with Gasteiger partial charge in [0, 0.05) is 12.8 Å². The second kappa shape index (κ2) is 10.3. The van der Waals surface area contributed by atoms with E-state index in [1.165, 1.54) is 6.66 Å². The minimum absolute atomic E-state index is 0.0402. The van der Waals surface area contributed by atoms with E-state index in [1.54, 1.807) is 27.7 Å². The van der Waals surface area contributed by atoms with Crippen LogP contribution in [0, 0.1) is 5.92 Å². The van der Waals surface area contributed by atoms with E-state index in [4.69, 9.17) is 13.1 Å². The average molecular weight is 404 g/mol. The molecule has 3 unspecified atom stereocenters. The summed E-state index contributed by atoms with van der Waals surface area (Å²) < 4.78 is 53.8. The minimum Gasteiger partial charge on any atom is -0.391 e. The number of carbonyl (C=O) groups excluding carboxylic acids is 1. The van der Waals surface area contributed by atoms with Crippen LogP contribution in [0.4, 0.5) is 0 Å². The summed E-state index contributed by atoms with van der Waals surface area (Å²) in [7, 11) is -11.0. The molecule has 0 aliphatic carbocycles. The van der Waals surface area contributed by atoms with Gasteiger partial charge in [-0.2, -0.15) is 0 Å². The first-order chi connectivity index (χ1) is 10.9. The fraction of sp³-hybridized carbons (Fsp3) is 0.929. The van der Waals surface area contributed by atoms with Crippen molar-refractivity contribution in [3.05, 3.63) is 0 Å². The molecule has 0 aromatic rings. The quantitative estimate of drug-likeness (QED) is 0.383. The summed E-state index contributed by atoms with van der Waals surface area (Å²) in [6, 6.07) is 0. The number of rotatable bonds is 12. The van der Waals surface area contributed by atoms with Crippen molar-refractivity contribution in [1.82, 2.24) is 0 Å². The van der Waals surface area contributed by atoms with E-state index in [9.17, 15) is 18.5 Å². The van der Waals surface area contributed by atoms with E-state index in [1.807, 2.05) is 6.92 Å². The van der Waals surface area contributed by atoms with Crippen LogP contribution in [0.3, 0.4) is 0 Å². The summed E-state index contributed by atoms with van der Waals surface area (Å²) in [6.07, 6.45) is 1.57. The number of hydrogen-bond donors (Lipinski definition) is 0. The monoisotopic (exact) mass is 404 g/mol. The first-order valence-corrected chi connectivity index (χ1v) is 14.0. The Kier molecular flexibility index (Phi) is 10.3. The summed E-state index contributed by atoms with van der Waals surface area (Å²) in [5.74, 6) is -1.19. The van der Waals surface area contributed by atoms with Crippen LogP contribution in [0.2, 0.25) is 0 Å². The Morgan fingerprint density at radius 3 is 1.71 bits per heavy atom. The molecule has 0 aromatic heterocycles. The molecule has 0 fully saturated rings. The third kappa shape index (κ3) is 8.97. The molecule has 0 aliphatic rings. The molecule has 10 heteroatoms. The van der Waals surface area contributed by atoms with Crippen molar-refractivity contribution < 1.29 is 31.6 Å². The molecule has 3 atom stereocenters. The Balaban J connectivity index is 5.48. The van der Waals surface area contributed by atoms with E-state index in [-0.39, 0.29) is 18.5 Å². The Morgan fingerprint density at radius 1 is 0.833 bits per heavy atom. The van der Waals surface area contributed by atoms with E-state index in [0.717, 1.165) is 0 Å². The third-order valence-electron chi connectivity index (χ3n) is 2.87. The van der Waals surface area contributed by atoms with Crippen LogP contribution in [0.1, 0.15) is 53.9 Å². The lowest BCUT2D eigenvalue weighted by atomic mass is 10.2. The van der Waals surface area contributed by atoms with Gasteiger partial charge in [0.05, 0.1) is 18.2 Å². The summed E-state index contributed by atoms with van der Waals surface area (Å²) in [6.45, 7) is 9.91. The van der Waals surface area contributed by atoms with Crippen LogP contribution in [-0.2, 0) is 31.6 Å². The smallest absolute Gasteiger partial charge is 0.388 e. The van der Waals surface area contributed by atoms with E-state index >= 15 is 0 Å². The van der Waals surface area contributed by atoms with Gasteiger partial charge in [-0.05, 0) is 19.3 Å². The number of carbonyl (C=O) groups is 1. The van der Waals surface area contributed by atoms with Crippen molar-refractivity contribution in [1.29, 1.82) is 0 Å². The zero-order chi connectivity index (χ0) is 19.0. The standard InChI is InChI=1S/C14H31O7P3/c1-7-10-22(6,16)20-24(18,12-9-3)21-23(17,11-8-2)19-14(15)13(4)5/h13H,7-12H2,1-6H3. The van der Waals surface area contributed by atoms with Gasteiger partial charge in [0.2, 0.25) is 7.37 Å². The fourth-order valence-corrected chi connectivity index (χ4v) is 9.82. The molecule has 0 N–H and O–H groups in total. The van der Waals surface area contributed by atoms with Crippen LogP contribution >= 0.6 is 22.6 Å². The molecule has 0 aliphatic heterocycles. The molecule has 144 valence electrons. The zero-order valence-electron chi connectivity index (χ0n) is 15.5. The lowest BCUT2D eigenvalue weighted by Gasteiger charge is -2.26. The second-order valence-corrected chi connectivity index (χ2v) is 13.4. The van der Waals surface area contributed by atoms with Gasteiger partial charge in [0.25, 0.3) is 0 Å². The van der Waals surface area contributed by atoms with Crippen molar-refractivity contribution in [3.8, 4) is 0 Å². The first kappa shape index (κ1) is 24.1. The molecule has 7 nitrogen and oxygen atoms in total. The van der Waals surface area contributed by atoms with Gasteiger partial charge in [0.15, 0.2) is 0 Å². The lowest BCUT2D eigenvalue weighted by Crippen LogP contribution is -2.13. The van der Waals surface area contributed by atoms with Crippen LogP contribution in [-0.4, -0.2) is 31.1 Å². The van der Waals surface area contributed by atoms with Crippen molar-refractivity contribution in [2.75, 3.05) is 25.2 Å². The Bertz CT molecular complexity index is 544. The van der Waals surface area contributed by atoms with E-state index < -0.39 is 34.4 Å². The minimum atomic E-state index is -3.94. The molecule has 0 aromatic carbocycles. The van der Waals surface area contributed by atoms with Crippen LogP contribution in [0.25, 0.3) is 0 Å². The highest BCUT2D eigenvalue weighted by Crippen LogP contribution is 2.71. The van der Waals surface area contributed by atoms with Gasteiger partial charge in [0.1, 0.15) is 0 Å². The van der Waals surface area contributed by atoms with Crippen molar-refractivity contribution >= 4 is 28.5 Å². The van der Waals surface area contributed by atoms with E-state index in [2.05, 4.69) is 0 Å². The highest BCUT2D eigenvalue weighted by molar-refractivity contribution is 7.74. The summed E-state index contributed by atoms with van der Waals surface area (Å²) in [4.78, 5) is 11.8. The van der Waals surface area contributed by atoms with Gasteiger partial charge in [-0.1, -0.05) is 34.6 Å². The molecule has 0 bridgehead atoms. The molecular formula is C14H31O7P3. The topological polar surface area (TPSA) is 96.0 Å². The zero-order valence-corrected chi connectivity index (χ0v) is 18.2. The highest BCUT2D eigenvalue weighted by atomic mass is 31.3. The largest absolute Gasteiger partial charge is 0.391 e. The number of hydrogen-bond acceptors (Lipinski definition) is 7. The van der Waals surface area contributed by atoms with Crippen LogP contribution in [0.15, 0.2) is 0 Å². The fourth-order valence-electron chi connectivity index (χ4n) is 1.89. The molecule has 0 saturated heterocycles. The van der Waals surface area contributed by atoms with Crippen LogP contribution in [0.5, 0.6) is 0 Å². The highest BCUT2D eigenvalue weighted by Gasteiger charge is 2.41. The molecule has 0 saturated carbocycles. The second-order valence-electron chi connectivity index (χ2n) is 6.14. The maximum Gasteiger partial charge on any atom is 0.388 e. The van der Waals surface area contributed by atoms with Gasteiger partial charge < -0.3 is 4.52 Å². The molecular weight excluding hydrogens is 373 g/mol. The maximum absolute atomic E-state index is 13.0. The SMILES string of the molecule is CCCP(C)(=O)OP(=O)(CCC)OP(=O)(CCC)OC(=O)C(C)C. The summed E-state index contributed by atoms with van der Waals surface area (Å²) >= 11 is 0. The predicted molar refractivity (Wildman–Crippen MR) is 97.3 cm³/mol. The Labute approximate surface area is 145 Å². The molecule has 24 heavy (non-hydrogen) atoms. The van der Waals surface area contributed by atoms with Gasteiger partial charge in [-0.3, -0.25) is 18.2 Å².